The molecule has 0 unspecified atom stereocenters. The number of aromatic nitrogens is 1. The molecule has 1 N–H and O–H groups in total. The Labute approximate surface area is 125 Å². The summed E-state index contributed by atoms with van der Waals surface area (Å²) in [7, 11) is 0. The molecule has 0 atom stereocenters. The van der Waals surface area contributed by atoms with E-state index in [9.17, 15) is 9.59 Å². The van der Waals surface area contributed by atoms with Gasteiger partial charge in [-0.25, -0.2) is 0 Å². The van der Waals surface area contributed by atoms with Crippen molar-refractivity contribution >= 4 is 12.2 Å². The first-order valence-electron chi connectivity index (χ1n) is 6.94. The Balaban J connectivity index is 0.00000106. The Bertz CT molecular complexity index is 592. The molecule has 110 valence electrons. The van der Waals surface area contributed by atoms with Crippen molar-refractivity contribution in [1.82, 2.24) is 10.3 Å². The third-order valence-corrected chi connectivity index (χ3v) is 2.73. The van der Waals surface area contributed by atoms with Gasteiger partial charge in [-0.1, -0.05) is 43.7 Å². The van der Waals surface area contributed by atoms with Crippen LogP contribution in [0.2, 0.25) is 0 Å². The highest BCUT2D eigenvalue weighted by atomic mass is 16.1. The Hall–Kier alpha value is -2.49. The number of hydrogen-bond acceptors (Lipinski definition) is 3. The first kappa shape index (κ1) is 16.6. The highest BCUT2D eigenvalue weighted by molar-refractivity contribution is 5.93. The van der Waals surface area contributed by atoms with Crippen molar-refractivity contribution in [3.8, 4) is 0 Å². The second-order valence-electron chi connectivity index (χ2n) is 4.26. The molecule has 2 rings (SSSR count). The van der Waals surface area contributed by atoms with Crippen molar-refractivity contribution in [2.24, 2.45) is 0 Å². The van der Waals surface area contributed by atoms with E-state index in [4.69, 9.17) is 0 Å². The molecule has 0 spiro atoms. The molecule has 1 heterocycles. The summed E-state index contributed by atoms with van der Waals surface area (Å²) in [6.45, 7) is 6.45. The number of aryl methyl sites for hydroxylation is 1. The number of carbonyl (C=O) groups excluding carboxylic acids is 2. The van der Waals surface area contributed by atoms with Crippen LogP contribution in [0.4, 0.5) is 0 Å². The Morgan fingerprint density at radius 1 is 1.19 bits per heavy atom. The topological polar surface area (TPSA) is 59.1 Å². The molecule has 0 saturated heterocycles. The van der Waals surface area contributed by atoms with E-state index in [0.29, 0.717) is 18.4 Å². The summed E-state index contributed by atoms with van der Waals surface area (Å²) in [5, 5.41) is 2.77. The molecular formula is C17H20N2O2. The molecular weight excluding hydrogens is 264 g/mol. The van der Waals surface area contributed by atoms with Crippen LogP contribution in [0, 0.1) is 6.92 Å². The Morgan fingerprint density at radius 3 is 2.48 bits per heavy atom. The Kier molecular flexibility index (Phi) is 6.81. The smallest absolute Gasteiger partial charge is 0.270 e. The van der Waals surface area contributed by atoms with Gasteiger partial charge in [0, 0.05) is 18.3 Å². The molecule has 1 aromatic heterocycles. The zero-order valence-electron chi connectivity index (χ0n) is 12.6. The van der Waals surface area contributed by atoms with Gasteiger partial charge in [0.2, 0.25) is 0 Å². The summed E-state index contributed by atoms with van der Waals surface area (Å²) in [6.07, 6.45) is 2.14. The van der Waals surface area contributed by atoms with Gasteiger partial charge in [0.15, 0.2) is 0 Å². The summed E-state index contributed by atoms with van der Waals surface area (Å²) >= 11 is 0. The van der Waals surface area contributed by atoms with Crippen molar-refractivity contribution in [2.45, 2.75) is 27.3 Å². The van der Waals surface area contributed by atoms with E-state index in [-0.39, 0.29) is 11.6 Å². The largest absolute Gasteiger partial charge is 0.347 e. The van der Waals surface area contributed by atoms with Gasteiger partial charge in [-0.05, 0) is 24.6 Å². The van der Waals surface area contributed by atoms with Gasteiger partial charge in [-0.3, -0.25) is 14.6 Å². The number of nitrogens with one attached hydrogen (secondary N) is 1. The van der Waals surface area contributed by atoms with E-state index in [1.54, 1.807) is 6.07 Å². The van der Waals surface area contributed by atoms with Gasteiger partial charge < -0.3 is 5.32 Å². The van der Waals surface area contributed by atoms with E-state index in [0.717, 1.165) is 5.56 Å². The van der Waals surface area contributed by atoms with Crippen molar-refractivity contribution in [1.29, 1.82) is 0 Å². The van der Waals surface area contributed by atoms with Crippen LogP contribution in [0.1, 0.15) is 45.8 Å². The fourth-order valence-electron chi connectivity index (χ4n) is 1.62. The molecule has 0 aliphatic carbocycles. The first-order valence-corrected chi connectivity index (χ1v) is 6.94. The maximum absolute atomic E-state index is 11.9. The summed E-state index contributed by atoms with van der Waals surface area (Å²) in [5.41, 5.74) is 2.88. The van der Waals surface area contributed by atoms with Crippen LogP contribution in [0.25, 0.3) is 0 Å². The molecule has 1 aromatic carbocycles. The summed E-state index contributed by atoms with van der Waals surface area (Å²) in [6, 6.07) is 10.9. The van der Waals surface area contributed by atoms with Gasteiger partial charge in [0.05, 0.1) is 0 Å². The predicted molar refractivity (Wildman–Crippen MR) is 83.3 cm³/mol. The standard InChI is InChI=1S/C15H14N2O2.C2H6/c1-11-2-4-12(5-3-11)9-17-15(19)14-8-13(10-18)6-7-16-14;1-2/h2-8,10H,9H2,1H3,(H,17,19);1-2H3. The van der Waals surface area contributed by atoms with Crippen molar-refractivity contribution < 1.29 is 9.59 Å². The van der Waals surface area contributed by atoms with Gasteiger partial charge >= 0.3 is 0 Å². The van der Waals surface area contributed by atoms with Gasteiger partial charge in [0.25, 0.3) is 5.91 Å². The average Bonchev–Trinajstić information content (AvgIpc) is 2.56. The lowest BCUT2D eigenvalue weighted by Gasteiger charge is -2.05. The van der Waals surface area contributed by atoms with Gasteiger partial charge in [0.1, 0.15) is 12.0 Å². The zero-order chi connectivity index (χ0) is 15.7. The van der Waals surface area contributed by atoms with E-state index in [1.807, 2.05) is 45.0 Å². The number of pyridine rings is 1. The van der Waals surface area contributed by atoms with Crippen LogP contribution < -0.4 is 5.32 Å². The minimum atomic E-state index is -0.288. The van der Waals surface area contributed by atoms with Crippen LogP contribution in [-0.4, -0.2) is 17.2 Å². The first-order chi connectivity index (χ1) is 10.2. The van der Waals surface area contributed by atoms with Crippen LogP contribution in [0.15, 0.2) is 42.6 Å². The molecule has 1 amide bonds. The third kappa shape index (κ3) is 5.18. The molecule has 0 aliphatic heterocycles. The zero-order valence-corrected chi connectivity index (χ0v) is 12.6. The number of amides is 1. The van der Waals surface area contributed by atoms with Gasteiger partial charge in [-0.2, -0.15) is 0 Å². The van der Waals surface area contributed by atoms with Crippen molar-refractivity contribution in [2.75, 3.05) is 0 Å². The second kappa shape index (κ2) is 8.64. The number of benzene rings is 1. The summed E-state index contributed by atoms with van der Waals surface area (Å²) in [5.74, 6) is -0.288. The predicted octanol–water partition coefficient (Wildman–Crippen LogP) is 3.16. The van der Waals surface area contributed by atoms with Gasteiger partial charge in [-0.15, -0.1) is 0 Å². The number of hydrogen-bond donors (Lipinski definition) is 1. The lowest BCUT2D eigenvalue weighted by Crippen LogP contribution is -2.23. The molecule has 4 nitrogen and oxygen atoms in total. The molecule has 0 bridgehead atoms. The summed E-state index contributed by atoms with van der Waals surface area (Å²) < 4.78 is 0. The number of nitrogens with zero attached hydrogens (tertiary/aromatic N) is 1. The quantitative estimate of drug-likeness (QED) is 0.877. The SMILES string of the molecule is CC.Cc1ccc(CNC(=O)c2cc(C=O)ccn2)cc1. The lowest BCUT2D eigenvalue weighted by atomic mass is 10.1. The van der Waals surface area contributed by atoms with Crippen LogP contribution >= 0.6 is 0 Å². The van der Waals surface area contributed by atoms with Crippen LogP contribution in [0.5, 0.6) is 0 Å². The monoisotopic (exact) mass is 284 g/mol. The highest BCUT2D eigenvalue weighted by Crippen LogP contribution is 2.04. The van der Waals surface area contributed by atoms with E-state index in [1.165, 1.54) is 17.8 Å². The molecule has 2 aromatic rings. The second-order valence-corrected chi connectivity index (χ2v) is 4.26. The van der Waals surface area contributed by atoms with Crippen LogP contribution in [0.3, 0.4) is 0 Å². The maximum atomic E-state index is 11.9. The molecule has 0 fully saturated rings. The third-order valence-electron chi connectivity index (χ3n) is 2.73. The van der Waals surface area contributed by atoms with Crippen molar-refractivity contribution in [3.63, 3.8) is 0 Å². The fraction of sp³-hybridized carbons (Fsp3) is 0.235. The molecule has 0 radical (unpaired) electrons. The Morgan fingerprint density at radius 2 is 1.86 bits per heavy atom. The lowest BCUT2D eigenvalue weighted by molar-refractivity contribution is 0.0946. The molecule has 0 aliphatic rings. The minimum absolute atomic E-state index is 0.247. The number of carbonyl (C=O) groups is 2. The normalized spacial score (nSPS) is 9.29. The van der Waals surface area contributed by atoms with Crippen LogP contribution in [-0.2, 0) is 6.54 Å². The van der Waals surface area contributed by atoms with E-state index < -0.39 is 0 Å². The van der Waals surface area contributed by atoms with Crippen molar-refractivity contribution in [3.05, 3.63) is 65.0 Å². The minimum Gasteiger partial charge on any atom is -0.347 e. The molecule has 21 heavy (non-hydrogen) atoms. The molecule has 4 heteroatoms. The van der Waals surface area contributed by atoms with E-state index in [2.05, 4.69) is 10.3 Å². The van der Waals surface area contributed by atoms with E-state index >= 15 is 0 Å². The fourth-order valence-corrected chi connectivity index (χ4v) is 1.62. The average molecular weight is 284 g/mol. The molecule has 0 saturated carbocycles. The maximum Gasteiger partial charge on any atom is 0.270 e. The number of rotatable bonds is 4. The highest BCUT2D eigenvalue weighted by Gasteiger charge is 2.07. The number of aldehydes is 1. The summed E-state index contributed by atoms with van der Waals surface area (Å²) in [4.78, 5) is 26.4.